The maximum absolute atomic E-state index is 8.66. The molecule has 1 rings (SSSR count). The second kappa shape index (κ2) is 5.20. The van der Waals surface area contributed by atoms with E-state index in [0.717, 1.165) is 6.42 Å². The normalized spacial score (nSPS) is 21.8. The molecule has 1 atom stereocenters. The van der Waals surface area contributed by atoms with Crippen molar-refractivity contribution in [2.24, 2.45) is 10.9 Å². The van der Waals surface area contributed by atoms with Gasteiger partial charge in [-0.1, -0.05) is 24.9 Å². The molecule has 1 aliphatic carbocycles. The van der Waals surface area contributed by atoms with Crippen LogP contribution in [0.4, 0.5) is 0 Å². The van der Waals surface area contributed by atoms with Crippen molar-refractivity contribution >= 4 is 5.84 Å². The summed E-state index contributed by atoms with van der Waals surface area (Å²) in [6.07, 6.45) is 5.99. The molecular formula is C10H21N3O. The highest BCUT2D eigenvalue weighted by Gasteiger charge is 2.26. The van der Waals surface area contributed by atoms with E-state index in [1.54, 1.807) is 0 Å². The summed E-state index contributed by atoms with van der Waals surface area (Å²) >= 11 is 0. The molecule has 0 saturated heterocycles. The fourth-order valence-corrected chi connectivity index (χ4v) is 2.34. The number of hydrogen-bond acceptors (Lipinski definition) is 3. The zero-order valence-corrected chi connectivity index (χ0v) is 9.11. The molecule has 1 saturated carbocycles. The SMILES string of the molecule is CCC(C(N)=NO)N(C)C1CCCC1. The Morgan fingerprint density at radius 3 is 2.57 bits per heavy atom. The quantitative estimate of drug-likeness (QED) is 0.311. The summed E-state index contributed by atoms with van der Waals surface area (Å²) in [5.41, 5.74) is 5.65. The summed E-state index contributed by atoms with van der Waals surface area (Å²) in [6.45, 7) is 2.06. The van der Waals surface area contributed by atoms with Crippen molar-refractivity contribution < 1.29 is 5.21 Å². The lowest BCUT2D eigenvalue weighted by atomic mass is 10.1. The molecule has 3 N–H and O–H groups in total. The maximum atomic E-state index is 8.66. The lowest BCUT2D eigenvalue weighted by Crippen LogP contribution is -2.46. The van der Waals surface area contributed by atoms with E-state index in [1.807, 2.05) is 0 Å². The van der Waals surface area contributed by atoms with Crippen LogP contribution in [0.3, 0.4) is 0 Å². The highest BCUT2D eigenvalue weighted by molar-refractivity contribution is 5.85. The highest BCUT2D eigenvalue weighted by atomic mass is 16.4. The van der Waals surface area contributed by atoms with Gasteiger partial charge >= 0.3 is 0 Å². The van der Waals surface area contributed by atoms with Gasteiger partial charge in [-0.05, 0) is 26.3 Å². The summed E-state index contributed by atoms with van der Waals surface area (Å²) in [4.78, 5) is 2.25. The molecule has 4 nitrogen and oxygen atoms in total. The van der Waals surface area contributed by atoms with Gasteiger partial charge < -0.3 is 10.9 Å². The predicted molar refractivity (Wildman–Crippen MR) is 57.5 cm³/mol. The number of likely N-dealkylation sites (N-methyl/N-ethyl adjacent to an activating group) is 1. The number of rotatable bonds is 4. The van der Waals surface area contributed by atoms with Crippen LogP contribution in [0, 0.1) is 0 Å². The van der Waals surface area contributed by atoms with Gasteiger partial charge in [0.25, 0.3) is 0 Å². The third-order valence-electron chi connectivity index (χ3n) is 3.24. The van der Waals surface area contributed by atoms with Gasteiger partial charge in [0.2, 0.25) is 0 Å². The van der Waals surface area contributed by atoms with Crippen LogP contribution in [0.5, 0.6) is 0 Å². The van der Waals surface area contributed by atoms with Crippen LogP contribution in [0.1, 0.15) is 39.0 Å². The largest absolute Gasteiger partial charge is 0.409 e. The maximum Gasteiger partial charge on any atom is 0.156 e. The minimum atomic E-state index is 0.0862. The van der Waals surface area contributed by atoms with E-state index < -0.39 is 0 Å². The van der Waals surface area contributed by atoms with Crippen LogP contribution in [-0.4, -0.2) is 35.1 Å². The number of nitrogens with two attached hydrogens (primary N) is 1. The number of hydrogen-bond donors (Lipinski definition) is 2. The summed E-state index contributed by atoms with van der Waals surface area (Å²) in [5, 5.41) is 11.8. The molecule has 1 aliphatic rings. The molecule has 0 radical (unpaired) electrons. The van der Waals surface area contributed by atoms with E-state index in [9.17, 15) is 0 Å². The summed E-state index contributed by atoms with van der Waals surface area (Å²) < 4.78 is 0. The van der Waals surface area contributed by atoms with E-state index in [-0.39, 0.29) is 6.04 Å². The smallest absolute Gasteiger partial charge is 0.156 e. The molecule has 0 spiro atoms. The Bertz CT molecular complexity index is 200. The predicted octanol–water partition coefficient (Wildman–Crippen LogP) is 1.39. The fraction of sp³-hybridized carbons (Fsp3) is 0.900. The minimum Gasteiger partial charge on any atom is -0.409 e. The van der Waals surface area contributed by atoms with Crippen molar-refractivity contribution in [3.05, 3.63) is 0 Å². The lowest BCUT2D eigenvalue weighted by molar-refractivity contribution is 0.205. The monoisotopic (exact) mass is 199 g/mol. The molecular weight excluding hydrogens is 178 g/mol. The van der Waals surface area contributed by atoms with Crippen LogP contribution >= 0.6 is 0 Å². The Hall–Kier alpha value is -0.770. The second-order valence-electron chi connectivity index (χ2n) is 4.05. The van der Waals surface area contributed by atoms with Gasteiger partial charge in [-0.3, -0.25) is 4.90 Å². The molecule has 0 aliphatic heterocycles. The van der Waals surface area contributed by atoms with Crippen LogP contribution < -0.4 is 5.73 Å². The summed E-state index contributed by atoms with van der Waals surface area (Å²) in [5.74, 6) is 0.335. The first kappa shape index (κ1) is 11.3. The molecule has 0 bridgehead atoms. The van der Waals surface area contributed by atoms with E-state index in [0.29, 0.717) is 11.9 Å². The molecule has 1 fully saturated rings. The van der Waals surface area contributed by atoms with Gasteiger partial charge in [0.05, 0.1) is 6.04 Å². The van der Waals surface area contributed by atoms with Gasteiger partial charge in [-0.25, -0.2) is 0 Å². The van der Waals surface area contributed by atoms with Crippen molar-refractivity contribution in [1.82, 2.24) is 4.90 Å². The van der Waals surface area contributed by atoms with Crippen LogP contribution in [-0.2, 0) is 0 Å². The van der Waals surface area contributed by atoms with Gasteiger partial charge in [-0.2, -0.15) is 0 Å². The lowest BCUT2D eigenvalue weighted by Gasteiger charge is -2.31. The molecule has 0 aromatic rings. The van der Waals surface area contributed by atoms with Gasteiger partial charge in [0.1, 0.15) is 0 Å². The van der Waals surface area contributed by atoms with Crippen molar-refractivity contribution in [3.63, 3.8) is 0 Å². The molecule has 82 valence electrons. The van der Waals surface area contributed by atoms with E-state index >= 15 is 0 Å². The topological polar surface area (TPSA) is 61.9 Å². The number of oxime groups is 1. The molecule has 14 heavy (non-hydrogen) atoms. The zero-order chi connectivity index (χ0) is 10.6. The second-order valence-corrected chi connectivity index (χ2v) is 4.05. The molecule has 0 aromatic heterocycles. The fourth-order valence-electron chi connectivity index (χ4n) is 2.34. The Morgan fingerprint density at radius 2 is 2.14 bits per heavy atom. The van der Waals surface area contributed by atoms with Crippen molar-refractivity contribution in [2.75, 3.05) is 7.05 Å². The highest BCUT2D eigenvalue weighted by Crippen LogP contribution is 2.24. The summed E-state index contributed by atoms with van der Waals surface area (Å²) in [7, 11) is 2.07. The standard InChI is InChI=1S/C10H21N3O/c1-3-9(10(11)12-14)13(2)8-6-4-5-7-8/h8-9,14H,3-7H2,1-2H3,(H2,11,12). The van der Waals surface area contributed by atoms with Gasteiger partial charge in [0.15, 0.2) is 5.84 Å². The van der Waals surface area contributed by atoms with Gasteiger partial charge in [-0.15, -0.1) is 0 Å². The summed E-state index contributed by atoms with van der Waals surface area (Å²) in [6, 6.07) is 0.698. The Morgan fingerprint density at radius 1 is 1.57 bits per heavy atom. The van der Waals surface area contributed by atoms with Crippen molar-refractivity contribution in [3.8, 4) is 0 Å². The Balaban J connectivity index is 2.58. The average molecular weight is 199 g/mol. The minimum absolute atomic E-state index is 0.0862. The van der Waals surface area contributed by atoms with Crippen LogP contribution in [0.15, 0.2) is 5.16 Å². The molecule has 0 amide bonds. The number of amidine groups is 1. The Labute approximate surface area is 85.8 Å². The van der Waals surface area contributed by atoms with Crippen molar-refractivity contribution in [1.29, 1.82) is 0 Å². The van der Waals surface area contributed by atoms with E-state index in [1.165, 1.54) is 25.7 Å². The average Bonchev–Trinajstić information content (AvgIpc) is 2.71. The molecule has 0 heterocycles. The van der Waals surface area contributed by atoms with Gasteiger partial charge in [0, 0.05) is 6.04 Å². The zero-order valence-electron chi connectivity index (χ0n) is 9.11. The van der Waals surface area contributed by atoms with Crippen LogP contribution in [0.25, 0.3) is 0 Å². The molecule has 4 heteroatoms. The van der Waals surface area contributed by atoms with Crippen LogP contribution in [0.2, 0.25) is 0 Å². The number of nitrogens with zero attached hydrogens (tertiary/aromatic N) is 2. The molecule has 0 aromatic carbocycles. The Kier molecular flexibility index (Phi) is 4.20. The third-order valence-corrected chi connectivity index (χ3v) is 3.24. The first-order valence-electron chi connectivity index (χ1n) is 5.40. The third kappa shape index (κ3) is 2.38. The van der Waals surface area contributed by atoms with E-state index in [4.69, 9.17) is 10.9 Å². The van der Waals surface area contributed by atoms with Crippen molar-refractivity contribution in [2.45, 2.75) is 51.1 Å². The van der Waals surface area contributed by atoms with E-state index in [2.05, 4.69) is 24.0 Å². The first-order valence-corrected chi connectivity index (χ1v) is 5.40. The molecule has 1 unspecified atom stereocenters. The first-order chi connectivity index (χ1) is 6.70.